The highest BCUT2D eigenvalue weighted by atomic mass is 31.2. The molecular weight excluding hydrogens is 355 g/mol. The summed E-state index contributed by atoms with van der Waals surface area (Å²) in [4.78, 5) is 12.1. The van der Waals surface area contributed by atoms with E-state index in [1.54, 1.807) is 74.4 Å². The van der Waals surface area contributed by atoms with E-state index in [9.17, 15) is 9.36 Å². The van der Waals surface area contributed by atoms with Gasteiger partial charge in [0.05, 0.1) is 16.8 Å². The van der Waals surface area contributed by atoms with Crippen LogP contribution >= 0.6 is 7.82 Å². The molecule has 0 N–H and O–H groups in total. The minimum atomic E-state index is -3.87. The highest BCUT2D eigenvalue weighted by molar-refractivity contribution is 7.49. The van der Waals surface area contributed by atoms with Crippen LogP contribution in [0.15, 0.2) is 24.3 Å². The molecule has 0 unspecified atom stereocenters. The van der Waals surface area contributed by atoms with Gasteiger partial charge in [-0.3, -0.25) is 9.05 Å². The largest absolute Gasteiger partial charge is 0.531 e. The second-order valence-electron chi connectivity index (χ2n) is 8.97. The lowest BCUT2D eigenvalue weighted by atomic mass is 10.1. The predicted molar refractivity (Wildman–Crippen MR) is 102 cm³/mol. The number of carbonyl (C=O) groups is 1. The molecule has 0 aliphatic rings. The van der Waals surface area contributed by atoms with E-state index >= 15 is 0 Å². The van der Waals surface area contributed by atoms with Crippen LogP contribution in [0.3, 0.4) is 0 Å². The van der Waals surface area contributed by atoms with Crippen molar-refractivity contribution in [2.24, 2.45) is 0 Å². The summed E-state index contributed by atoms with van der Waals surface area (Å²) in [6.07, 6.45) is 0. The molecule has 1 aromatic rings. The number of rotatable bonds is 5. The SMILES string of the molecule is CC(C)(C)OC(=O)c1ccc(OP(=O)(OC(C)(C)C)OC(C)(C)C)cc1. The summed E-state index contributed by atoms with van der Waals surface area (Å²) in [5.74, 6) is -0.168. The maximum absolute atomic E-state index is 13.1. The number of hydrogen-bond donors (Lipinski definition) is 0. The van der Waals surface area contributed by atoms with Gasteiger partial charge >= 0.3 is 13.8 Å². The fourth-order valence-electron chi connectivity index (χ4n) is 1.84. The third-order valence-electron chi connectivity index (χ3n) is 2.48. The molecule has 0 aromatic heterocycles. The molecule has 26 heavy (non-hydrogen) atoms. The Morgan fingerprint density at radius 1 is 0.769 bits per heavy atom. The second kappa shape index (κ2) is 7.71. The maximum atomic E-state index is 13.1. The van der Waals surface area contributed by atoms with Gasteiger partial charge in [0.2, 0.25) is 0 Å². The van der Waals surface area contributed by atoms with Crippen molar-refractivity contribution >= 4 is 13.8 Å². The quantitative estimate of drug-likeness (QED) is 0.473. The Labute approximate surface area is 156 Å². The first-order valence-electron chi connectivity index (χ1n) is 8.53. The van der Waals surface area contributed by atoms with Crippen LogP contribution in [0.1, 0.15) is 72.7 Å². The molecular formula is C19H31O6P. The van der Waals surface area contributed by atoms with E-state index in [2.05, 4.69) is 0 Å². The van der Waals surface area contributed by atoms with Crippen LogP contribution in [0, 0.1) is 0 Å². The summed E-state index contributed by atoms with van der Waals surface area (Å²) in [6.45, 7) is 16.0. The Morgan fingerprint density at radius 3 is 1.54 bits per heavy atom. The van der Waals surface area contributed by atoms with Crippen molar-refractivity contribution < 1.29 is 27.7 Å². The van der Waals surface area contributed by atoms with Crippen molar-refractivity contribution in [3.63, 3.8) is 0 Å². The summed E-state index contributed by atoms with van der Waals surface area (Å²) in [7, 11) is -3.87. The summed E-state index contributed by atoms with van der Waals surface area (Å²) >= 11 is 0. The molecule has 0 spiro atoms. The van der Waals surface area contributed by atoms with Gasteiger partial charge in [-0.05, 0) is 86.6 Å². The molecule has 0 saturated carbocycles. The molecule has 0 bridgehead atoms. The van der Waals surface area contributed by atoms with Crippen LogP contribution in [-0.4, -0.2) is 22.8 Å². The van der Waals surface area contributed by atoms with Crippen LogP contribution in [0.25, 0.3) is 0 Å². The molecule has 1 aromatic carbocycles. The lowest BCUT2D eigenvalue weighted by Gasteiger charge is -2.30. The van der Waals surface area contributed by atoms with E-state index in [0.29, 0.717) is 5.56 Å². The first-order chi connectivity index (χ1) is 11.5. The highest BCUT2D eigenvalue weighted by Gasteiger charge is 2.38. The Bertz CT molecular complexity index is 639. The average molecular weight is 386 g/mol. The molecule has 148 valence electrons. The Kier molecular flexibility index (Phi) is 6.73. The predicted octanol–water partition coefficient (Wildman–Crippen LogP) is 5.76. The zero-order valence-corrected chi connectivity index (χ0v) is 18.1. The molecule has 7 heteroatoms. The standard InChI is InChI=1S/C19H31O6P/c1-17(2,3)22-16(20)14-10-12-15(13-11-14)23-26(21,24-18(4,5)6)25-19(7,8)9/h10-13H,1-9H3. The van der Waals surface area contributed by atoms with E-state index in [-0.39, 0.29) is 5.75 Å². The molecule has 6 nitrogen and oxygen atoms in total. The first kappa shape index (κ1) is 22.7. The molecule has 0 aliphatic heterocycles. The third kappa shape index (κ3) is 8.84. The van der Waals surface area contributed by atoms with Crippen molar-refractivity contribution in [3.05, 3.63) is 29.8 Å². The average Bonchev–Trinajstić information content (AvgIpc) is 2.31. The number of esters is 1. The minimum Gasteiger partial charge on any atom is -0.456 e. The maximum Gasteiger partial charge on any atom is 0.531 e. The fourth-order valence-corrected chi connectivity index (χ4v) is 3.68. The minimum absolute atomic E-state index is 0.272. The molecule has 0 radical (unpaired) electrons. The van der Waals surface area contributed by atoms with Crippen molar-refractivity contribution in [2.75, 3.05) is 0 Å². The molecule has 0 heterocycles. The normalized spacial score (nSPS) is 13.4. The van der Waals surface area contributed by atoms with Crippen LogP contribution in [0.2, 0.25) is 0 Å². The lowest BCUT2D eigenvalue weighted by Crippen LogP contribution is -2.25. The Balaban J connectivity index is 2.99. The van der Waals surface area contributed by atoms with Gasteiger partial charge in [0.25, 0.3) is 0 Å². The van der Waals surface area contributed by atoms with Crippen LogP contribution in [-0.2, 0) is 18.3 Å². The lowest BCUT2D eigenvalue weighted by molar-refractivity contribution is 0.00688. The van der Waals surface area contributed by atoms with Gasteiger partial charge in [0, 0.05) is 0 Å². The number of phosphoric acid groups is 1. The van der Waals surface area contributed by atoms with Gasteiger partial charge in [-0.15, -0.1) is 0 Å². The third-order valence-corrected chi connectivity index (χ3v) is 4.45. The van der Waals surface area contributed by atoms with Gasteiger partial charge in [0.15, 0.2) is 0 Å². The van der Waals surface area contributed by atoms with E-state index in [4.69, 9.17) is 18.3 Å². The molecule has 0 fully saturated rings. The van der Waals surface area contributed by atoms with Crippen LogP contribution < -0.4 is 4.52 Å². The number of carbonyl (C=O) groups excluding carboxylic acids is 1. The first-order valence-corrected chi connectivity index (χ1v) is 9.99. The summed E-state index contributed by atoms with van der Waals surface area (Å²) in [6, 6.07) is 6.15. The number of hydrogen-bond acceptors (Lipinski definition) is 6. The highest BCUT2D eigenvalue weighted by Crippen LogP contribution is 2.55. The zero-order chi connectivity index (χ0) is 20.4. The summed E-state index contributed by atoms with van der Waals surface area (Å²) in [5.41, 5.74) is -1.66. The van der Waals surface area contributed by atoms with Gasteiger partial charge in [-0.25, -0.2) is 9.36 Å². The van der Waals surface area contributed by atoms with E-state index in [1.165, 1.54) is 12.1 Å². The zero-order valence-electron chi connectivity index (χ0n) is 17.2. The number of phosphoric ester groups is 1. The van der Waals surface area contributed by atoms with Gasteiger partial charge in [-0.1, -0.05) is 0 Å². The van der Waals surface area contributed by atoms with Crippen molar-refractivity contribution in [3.8, 4) is 5.75 Å². The molecule has 0 amide bonds. The van der Waals surface area contributed by atoms with E-state index in [0.717, 1.165) is 0 Å². The molecule has 1 rings (SSSR count). The smallest absolute Gasteiger partial charge is 0.456 e. The molecule has 0 aliphatic carbocycles. The number of benzene rings is 1. The van der Waals surface area contributed by atoms with Crippen molar-refractivity contribution in [1.82, 2.24) is 0 Å². The monoisotopic (exact) mass is 386 g/mol. The fraction of sp³-hybridized carbons (Fsp3) is 0.632. The van der Waals surface area contributed by atoms with Gasteiger partial charge < -0.3 is 9.26 Å². The van der Waals surface area contributed by atoms with Gasteiger partial charge in [0.1, 0.15) is 11.4 Å². The van der Waals surface area contributed by atoms with Crippen LogP contribution in [0.5, 0.6) is 5.75 Å². The van der Waals surface area contributed by atoms with Gasteiger partial charge in [-0.2, -0.15) is 0 Å². The molecule has 0 atom stereocenters. The Hall–Kier alpha value is -1.36. The van der Waals surface area contributed by atoms with Crippen LogP contribution in [0.4, 0.5) is 0 Å². The summed E-state index contributed by atoms with van der Waals surface area (Å²) in [5, 5.41) is 0. The summed E-state index contributed by atoms with van der Waals surface area (Å²) < 4.78 is 35.1. The number of ether oxygens (including phenoxy) is 1. The van der Waals surface area contributed by atoms with Crippen molar-refractivity contribution in [1.29, 1.82) is 0 Å². The van der Waals surface area contributed by atoms with E-state index in [1.807, 2.05) is 0 Å². The topological polar surface area (TPSA) is 71.1 Å². The van der Waals surface area contributed by atoms with E-state index < -0.39 is 30.6 Å². The Morgan fingerprint density at radius 2 is 1.19 bits per heavy atom. The molecule has 0 saturated heterocycles. The van der Waals surface area contributed by atoms with Crippen molar-refractivity contribution in [2.45, 2.75) is 79.1 Å². The second-order valence-corrected chi connectivity index (χ2v) is 10.4.